The quantitative estimate of drug-likeness (QED) is 0.116. The smallest absolute Gasteiger partial charge is 0.344 e. The van der Waals surface area contributed by atoms with Gasteiger partial charge in [0.1, 0.15) is 11.5 Å². The summed E-state index contributed by atoms with van der Waals surface area (Å²) < 4.78 is 23.0. The molecule has 0 N–H and O–H groups in total. The van der Waals surface area contributed by atoms with E-state index in [1.807, 2.05) is 36.4 Å². The highest BCUT2D eigenvalue weighted by atomic mass is 16.6. The Hall–Kier alpha value is -3.28. The zero-order valence-electron chi connectivity index (χ0n) is 22.5. The van der Waals surface area contributed by atoms with Gasteiger partial charge in [-0.25, -0.2) is 9.59 Å². The second kappa shape index (κ2) is 15.1. The number of carbonyl (C=O) groups is 2. The van der Waals surface area contributed by atoms with Crippen LogP contribution in [-0.2, 0) is 25.5 Å². The summed E-state index contributed by atoms with van der Waals surface area (Å²) in [6.45, 7) is 6.81. The van der Waals surface area contributed by atoms with E-state index in [-0.39, 0.29) is 25.2 Å². The van der Waals surface area contributed by atoms with Crippen molar-refractivity contribution in [2.24, 2.45) is 0 Å². The highest BCUT2D eigenvalue weighted by Gasteiger charge is 2.20. The van der Waals surface area contributed by atoms with E-state index in [4.69, 9.17) is 18.9 Å². The molecular formula is C31H40O6. The zero-order chi connectivity index (χ0) is 26.5. The van der Waals surface area contributed by atoms with Gasteiger partial charge in [0.2, 0.25) is 0 Å². The van der Waals surface area contributed by atoms with Crippen LogP contribution in [0, 0.1) is 0 Å². The summed E-state index contributed by atoms with van der Waals surface area (Å²) in [4.78, 5) is 24.8. The third kappa shape index (κ3) is 7.85. The second-order valence-electron chi connectivity index (χ2n) is 9.23. The van der Waals surface area contributed by atoms with Crippen LogP contribution < -0.4 is 9.47 Å². The fraction of sp³-hybridized carbons (Fsp3) is 0.484. The SMILES string of the molecule is CCCCCOC(=O)COc1c2ccccc2c(OCC(=O)OCCCCC)c2c(CCC)cccc12. The average molecular weight is 509 g/mol. The fourth-order valence-electron chi connectivity index (χ4n) is 4.42. The van der Waals surface area contributed by atoms with Gasteiger partial charge in [0.05, 0.1) is 13.2 Å². The van der Waals surface area contributed by atoms with Crippen molar-refractivity contribution in [1.29, 1.82) is 0 Å². The predicted molar refractivity (Wildman–Crippen MR) is 147 cm³/mol. The molecule has 0 bridgehead atoms. The van der Waals surface area contributed by atoms with Gasteiger partial charge < -0.3 is 18.9 Å². The molecule has 3 aromatic carbocycles. The maximum Gasteiger partial charge on any atom is 0.344 e. The molecule has 0 heterocycles. The minimum Gasteiger partial charge on any atom is -0.481 e. The number of fused-ring (bicyclic) bond motifs is 2. The standard InChI is InChI=1S/C31H40O6/c1-4-7-11-19-34-27(32)21-36-30-24-16-9-10-17-25(24)31(37-22-28(33)35-20-12-8-5-2)29-23(14-6-3)15-13-18-26(29)30/h9-10,13,15-18H,4-8,11-12,14,19-22H2,1-3H3. The van der Waals surface area contributed by atoms with Crippen molar-refractivity contribution in [3.63, 3.8) is 0 Å². The molecule has 0 spiro atoms. The van der Waals surface area contributed by atoms with Gasteiger partial charge in [-0.15, -0.1) is 0 Å². The lowest BCUT2D eigenvalue weighted by molar-refractivity contribution is -0.147. The normalized spacial score (nSPS) is 11.0. The number of esters is 2. The Labute approximate surface area is 220 Å². The molecule has 0 radical (unpaired) electrons. The topological polar surface area (TPSA) is 71.1 Å². The zero-order valence-corrected chi connectivity index (χ0v) is 22.5. The highest BCUT2D eigenvalue weighted by Crippen LogP contribution is 2.44. The molecule has 0 aliphatic heterocycles. The fourth-order valence-corrected chi connectivity index (χ4v) is 4.42. The third-order valence-corrected chi connectivity index (χ3v) is 6.25. The molecule has 0 unspecified atom stereocenters. The second-order valence-corrected chi connectivity index (χ2v) is 9.23. The molecule has 0 aliphatic carbocycles. The van der Waals surface area contributed by atoms with Crippen LogP contribution in [0.3, 0.4) is 0 Å². The maximum atomic E-state index is 12.4. The molecule has 0 saturated heterocycles. The van der Waals surface area contributed by atoms with Crippen LogP contribution >= 0.6 is 0 Å². The van der Waals surface area contributed by atoms with Crippen LogP contribution in [0.1, 0.15) is 71.3 Å². The first-order valence-electron chi connectivity index (χ1n) is 13.6. The van der Waals surface area contributed by atoms with Crippen LogP contribution in [-0.4, -0.2) is 38.4 Å². The van der Waals surface area contributed by atoms with Crippen molar-refractivity contribution in [2.45, 2.75) is 72.1 Å². The molecule has 0 aliphatic rings. The van der Waals surface area contributed by atoms with Gasteiger partial charge in [0.15, 0.2) is 13.2 Å². The summed E-state index contributed by atoms with van der Waals surface area (Å²) in [5.41, 5.74) is 1.10. The first kappa shape index (κ1) is 28.3. The molecular weight excluding hydrogens is 468 g/mol. The van der Waals surface area contributed by atoms with Crippen molar-refractivity contribution in [3.8, 4) is 11.5 Å². The maximum absolute atomic E-state index is 12.4. The summed E-state index contributed by atoms with van der Waals surface area (Å²) in [5, 5.41) is 3.38. The minimum absolute atomic E-state index is 0.171. The molecule has 0 saturated carbocycles. The molecule has 6 heteroatoms. The van der Waals surface area contributed by atoms with Crippen LogP contribution in [0.15, 0.2) is 42.5 Å². The molecule has 3 rings (SSSR count). The third-order valence-electron chi connectivity index (χ3n) is 6.25. The predicted octanol–water partition coefficient (Wildman–Crippen LogP) is 7.17. The Morgan fingerprint density at radius 1 is 0.622 bits per heavy atom. The van der Waals surface area contributed by atoms with Gasteiger partial charge in [0, 0.05) is 21.5 Å². The first-order valence-corrected chi connectivity index (χ1v) is 13.6. The van der Waals surface area contributed by atoms with E-state index in [0.29, 0.717) is 24.7 Å². The van der Waals surface area contributed by atoms with Crippen LogP contribution in [0.25, 0.3) is 21.5 Å². The number of ether oxygens (including phenoxy) is 4. The summed E-state index contributed by atoms with van der Waals surface area (Å²) in [5.74, 6) is 0.481. The van der Waals surface area contributed by atoms with Crippen molar-refractivity contribution >= 4 is 33.5 Å². The van der Waals surface area contributed by atoms with Crippen molar-refractivity contribution in [3.05, 3.63) is 48.0 Å². The molecule has 0 aromatic heterocycles. The Morgan fingerprint density at radius 3 is 1.73 bits per heavy atom. The van der Waals surface area contributed by atoms with Crippen molar-refractivity contribution in [1.82, 2.24) is 0 Å². The molecule has 3 aromatic rings. The van der Waals surface area contributed by atoms with Gasteiger partial charge in [-0.05, 0) is 24.8 Å². The summed E-state index contributed by atoms with van der Waals surface area (Å²) >= 11 is 0. The largest absolute Gasteiger partial charge is 0.481 e. The van der Waals surface area contributed by atoms with E-state index in [1.165, 1.54) is 0 Å². The van der Waals surface area contributed by atoms with Gasteiger partial charge in [0.25, 0.3) is 0 Å². The molecule has 200 valence electrons. The number of hydrogen-bond donors (Lipinski definition) is 0. The summed E-state index contributed by atoms with van der Waals surface area (Å²) in [6, 6.07) is 13.8. The lowest BCUT2D eigenvalue weighted by Gasteiger charge is -2.19. The molecule has 6 nitrogen and oxygen atoms in total. The summed E-state index contributed by atoms with van der Waals surface area (Å²) in [7, 11) is 0. The van der Waals surface area contributed by atoms with E-state index >= 15 is 0 Å². The minimum atomic E-state index is -0.385. The van der Waals surface area contributed by atoms with E-state index < -0.39 is 0 Å². The Morgan fingerprint density at radius 2 is 1.16 bits per heavy atom. The van der Waals surface area contributed by atoms with Crippen LogP contribution in [0.5, 0.6) is 11.5 Å². The number of aryl methyl sites for hydroxylation is 1. The Kier molecular flexibility index (Phi) is 11.5. The van der Waals surface area contributed by atoms with Crippen molar-refractivity contribution < 1.29 is 28.5 Å². The van der Waals surface area contributed by atoms with E-state index in [0.717, 1.165) is 78.5 Å². The number of rotatable bonds is 16. The summed E-state index contributed by atoms with van der Waals surface area (Å²) in [6.07, 6.45) is 7.67. The van der Waals surface area contributed by atoms with E-state index in [1.54, 1.807) is 0 Å². The number of hydrogen-bond acceptors (Lipinski definition) is 6. The first-order chi connectivity index (χ1) is 18.1. The average Bonchev–Trinajstić information content (AvgIpc) is 2.91. The monoisotopic (exact) mass is 508 g/mol. The number of unbranched alkanes of at least 4 members (excludes halogenated alkanes) is 4. The van der Waals surface area contributed by atoms with Crippen LogP contribution in [0.2, 0.25) is 0 Å². The number of benzene rings is 3. The van der Waals surface area contributed by atoms with Gasteiger partial charge in [-0.3, -0.25) is 0 Å². The van der Waals surface area contributed by atoms with Gasteiger partial charge in [-0.1, -0.05) is 95.3 Å². The van der Waals surface area contributed by atoms with E-state index in [2.05, 4.69) is 26.8 Å². The molecule has 0 amide bonds. The molecule has 37 heavy (non-hydrogen) atoms. The number of carbonyl (C=O) groups excluding carboxylic acids is 2. The van der Waals surface area contributed by atoms with Crippen molar-refractivity contribution in [2.75, 3.05) is 26.4 Å². The lowest BCUT2D eigenvalue weighted by atomic mass is 9.95. The highest BCUT2D eigenvalue weighted by molar-refractivity contribution is 6.12. The molecule has 0 fully saturated rings. The van der Waals surface area contributed by atoms with E-state index in [9.17, 15) is 9.59 Å². The Bertz CT molecular complexity index is 1170. The molecule has 0 atom stereocenters. The van der Waals surface area contributed by atoms with Gasteiger partial charge in [-0.2, -0.15) is 0 Å². The van der Waals surface area contributed by atoms with Gasteiger partial charge >= 0.3 is 11.9 Å². The Balaban J connectivity index is 1.94. The van der Waals surface area contributed by atoms with Crippen LogP contribution in [0.4, 0.5) is 0 Å². The lowest BCUT2D eigenvalue weighted by Crippen LogP contribution is -2.17.